The van der Waals surface area contributed by atoms with E-state index in [1.54, 1.807) is 4.68 Å². The summed E-state index contributed by atoms with van der Waals surface area (Å²) < 4.78 is 13.6. The fraction of sp³-hybridized carbons (Fsp3) is 0.154. The van der Waals surface area contributed by atoms with E-state index in [0.717, 1.165) is 27.9 Å². The molecule has 4 aromatic carbocycles. The number of dihydropyridines is 1. The van der Waals surface area contributed by atoms with Crippen LogP contribution in [0, 0.1) is 6.92 Å². The molecule has 5 aromatic rings. The Morgan fingerprint density at radius 3 is 1.65 bits per heavy atom. The van der Waals surface area contributed by atoms with Crippen molar-refractivity contribution < 1.29 is 19.1 Å². The normalized spacial score (nSPS) is 13.4. The number of carbonyl (C=O) groups is 2. The molecule has 7 nitrogen and oxygen atoms in total. The second-order valence-electron chi connectivity index (χ2n) is 11.3. The summed E-state index contributed by atoms with van der Waals surface area (Å²) in [5, 5.41) is 8.30. The van der Waals surface area contributed by atoms with Crippen molar-refractivity contribution in [3.8, 4) is 16.9 Å². The minimum absolute atomic E-state index is 0.0910. The molecule has 1 aliphatic rings. The number of para-hydroxylation sites is 1. The number of nitrogens with zero attached hydrogens (tertiary/aromatic N) is 2. The minimum atomic E-state index is -0.818. The number of esters is 2. The number of hydrogen-bond donors (Lipinski definition) is 1. The predicted molar refractivity (Wildman–Crippen MR) is 177 cm³/mol. The zero-order valence-corrected chi connectivity index (χ0v) is 26.1. The standard InChI is InChI=1S/C39H35N3O4/c1-26-19-21-31(22-20-26)37-33(23-42(41-37)32-17-11-6-12-18-32)36-34(38(43)45-24-29-13-7-4-8-14-29)27(2)40-28(3)35(36)39(44)46-25-30-15-9-5-10-16-30/h4-23,36,40H,24-25H2,1-3H3. The lowest BCUT2D eigenvalue weighted by Gasteiger charge is -2.30. The predicted octanol–water partition coefficient (Wildman–Crippen LogP) is 7.57. The number of carbonyl (C=O) groups excluding carboxylic acids is 2. The number of hydrogen-bond acceptors (Lipinski definition) is 6. The molecule has 1 aliphatic heterocycles. The van der Waals surface area contributed by atoms with Gasteiger partial charge in [0.25, 0.3) is 0 Å². The molecule has 0 aliphatic carbocycles. The molecule has 0 atom stereocenters. The average molecular weight is 610 g/mol. The highest BCUT2D eigenvalue weighted by Crippen LogP contribution is 2.43. The molecule has 1 N–H and O–H groups in total. The van der Waals surface area contributed by atoms with Gasteiger partial charge in [-0.05, 0) is 44.0 Å². The van der Waals surface area contributed by atoms with Crippen LogP contribution < -0.4 is 5.32 Å². The molecule has 7 heteroatoms. The van der Waals surface area contributed by atoms with E-state index in [2.05, 4.69) is 5.32 Å². The topological polar surface area (TPSA) is 82.5 Å². The third-order valence-electron chi connectivity index (χ3n) is 8.02. The molecule has 46 heavy (non-hydrogen) atoms. The van der Waals surface area contributed by atoms with E-state index in [0.29, 0.717) is 33.8 Å². The van der Waals surface area contributed by atoms with Gasteiger partial charge in [-0.25, -0.2) is 14.3 Å². The van der Waals surface area contributed by atoms with Crippen LogP contribution in [-0.2, 0) is 32.3 Å². The SMILES string of the molecule is CC1=C(C(=O)OCc2ccccc2)C(c2cn(-c3ccccc3)nc2-c2ccc(C)cc2)C(C(=O)OCc2ccccc2)=C(C)N1. The number of allylic oxidation sites excluding steroid dienone is 2. The molecule has 0 unspecified atom stereocenters. The number of rotatable bonds is 9. The highest BCUT2D eigenvalue weighted by atomic mass is 16.5. The first-order valence-electron chi connectivity index (χ1n) is 15.2. The van der Waals surface area contributed by atoms with Crippen LogP contribution in [0.3, 0.4) is 0 Å². The van der Waals surface area contributed by atoms with Crippen molar-refractivity contribution >= 4 is 11.9 Å². The molecule has 6 rings (SSSR count). The van der Waals surface area contributed by atoms with Crippen molar-refractivity contribution in [2.24, 2.45) is 0 Å². The fourth-order valence-corrected chi connectivity index (χ4v) is 5.70. The summed E-state index contributed by atoms with van der Waals surface area (Å²) in [6.07, 6.45) is 1.90. The summed E-state index contributed by atoms with van der Waals surface area (Å²) in [6.45, 7) is 5.87. The first kappa shape index (κ1) is 30.3. The summed E-state index contributed by atoms with van der Waals surface area (Å²) in [5.41, 5.74) is 7.73. The van der Waals surface area contributed by atoms with Crippen LogP contribution in [0.4, 0.5) is 0 Å². The Morgan fingerprint density at radius 1 is 0.674 bits per heavy atom. The third-order valence-corrected chi connectivity index (χ3v) is 8.02. The van der Waals surface area contributed by atoms with Crippen molar-refractivity contribution in [3.63, 3.8) is 0 Å². The van der Waals surface area contributed by atoms with Crippen molar-refractivity contribution in [3.05, 3.63) is 166 Å². The van der Waals surface area contributed by atoms with Crippen molar-refractivity contribution in [2.75, 3.05) is 0 Å². The Hall–Kier alpha value is -5.69. The van der Waals surface area contributed by atoms with E-state index in [4.69, 9.17) is 14.6 Å². The molecule has 230 valence electrons. The summed E-state index contributed by atoms with van der Waals surface area (Å²) in [5.74, 6) is -1.87. The second-order valence-corrected chi connectivity index (χ2v) is 11.3. The van der Waals surface area contributed by atoms with Crippen molar-refractivity contribution in [2.45, 2.75) is 39.9 Å². The summed E-state index contributed by atoms with van der Waals surface area (Å²) >= 11 is 0. The molecule has 0 bridgehead atoms. The average Bonchev–Trinajstić information content (AvgIpc) is 3.53. The van der Waals surface area contributed by atoms with Gasteiger partial charge in [-0.1, -0.05) is 109 Å². The molecule has 0 radical (unpaired) electrons. The van der Waals surface area contributed by atoms with Gasteiger partial charge < -0.3 is 14.8 Å². The molecule has 0 spiro atoms. The lowest BCUT2D eigenvalue weighted by Crippen LogP contribution is -2.32. The van der Waals surface area contributed by atoms with Crippen LogP contribution in [0.25, 0.3) is 16.9 Å². The first-order chi connectivity index (χ1) is 22.4. The number of aromatic nitrogens is 2. The Bertz CT molecular complexity index is 1830. The quantitative estimate of drug-likeness (QED) is 0.174. The van der Waals surface area contributed by atoms with Gasteiger partial charge in [-0.2, -0.15) is 5.10 Å². The van der Waals surface area contributed by atoms with Crippen LogP contribution in [0.15, 0.2) is 144 Å². The number of ether oxygens (including phenoxy) is 2. The van der Waals surface area contributed by atoms with Crippen LogP contribution in [0.1, 0.15) is 42.0 Å². The molecule has 1 aromatic heterocycles. The van der Waals surface area contributed by atoms with Gasteiger partial charge in [0.2, 0.25) is 0 Å². The molecule has 0 fully saturated rings. The van der Waals surface area contributed by atoms with Crippen LogP contribution in [-0.4, -0.2) is 21.7 Å². The van der Waals surface area contributed by atoms with Gasteiger partial charge in [0.1, 0.15) is 13.2 Å². The molecule has 0 saturated heterocycles. The lowest BCUT2D eigenvalue weighted by molar-refractivity contribution is -0.141. The van der Waals surface area contributed by atoms with Gasteiger partial charge in [0.05, 0.1) is 28.4 Å². The molecule has 0 saturated carbocycles. The van der Waals surface area contributed by atoms with Gasteiger partial charge in [-0.3, -0.25) is 0 Å². The van der Waals surface area contributed by atoms with Crippen molar-refractivity contribution in [1.82, 2.24) is 15.1 Å². The Balaban J connectivity index is 1.48. The zero-order chi connectivity index (χ0) is 32.0. The van der Waals surface area contributed by atoms with Crippen LogP contribution >= 0.6 is 0 Å². The van der Waals surface area contributed by atoms with Crippen LogP contribution in [0.2, 0.25) is 0 Å². The third kappa shape index (κ3) is 6.54. The summed E-state index contributed by atoms with van der Waals surface area (Å²) in [4.78, 5) is 28.1. The number of aryl methyl sites for hydroxylation is 1. The van der Waals surface area contributed by atoms with E-state index >= 15 is 0 Å². The monoisotopic (exact) mass is 609 g/mol. The smallest absolute Gasteiger partial charge is 0.337 e. The van der Waals surface area contributed by atoms with Gasteiger partial charge >= 0.3 is 11.9 Å². The van der Waals surface area contributed by atoms with E-state index in [1.807, 2.05) is 142 Å². The number of benzene rings is 4. The minimum Gasteiger partial charge on any atom is -0.457 e. The van der Waals surface area contributed by atoms with Gasteiger partial charge in [0, 0.05) is 28.7 Å². The lowest BCUT2D eigenvalue weighted by atomic mass is 9.79. The molecule has 0 amide bonds. The maximum absolute atomic E-state index is 14.1. The Morgan fingerprint density at radius 2 is 1.15 bits per heavy atom. The van der Waals surface area contributed by atoms with E-state index < -0.39 is 17.9 Å². The summed E-state index contributed by atoms with van der Waals surface area (Å²) in [6, 6.07) is 36.9. The van der Waals surface area contributed by atoms with E-state index in [-0.39, 0.29) is 13.2 Å². The van der Waals surface area contributed by atoms with E-state index in [1.165, 1.54) is 0 Å². The fourth-order valence-electron chi connectivity index (χ4n) is 5.70. The molecular weight excluding hydrogens is 574 g/mol. The highest BCUT2D eigenvalue weighted by Gasteiger charge is 2.40. The maximum atomic E-state index is 14.1. The van der Waals surface area contributed by atoms with Crippen LogP contribution in [0.5, 0.6) is 0 Å². The second kappa shape index (κ2) is 13.5. The van der Waals surface area contributed by atoms with Gasteiger partial charge in [0.15, 0.2) is 0 Å². The Labute approximate surface area is 268 Å². The van der Waals surface area contributed by atoms with Crippen molar-refractivity contribution in [1.29, 1.82) is 0 Å². The first-order valence-corrected chi connectivity index (χ1v) is 15.2. The highest BCUT2D eigenvalue weighted by molar-refractivity contribution is 6.00. The molecule has 2 heterocycles. The Kier molecular flexibility index (Phi) is 8.92. The van der Waals surface area contributed by atoms with E-state index in [9.17, 15) is 9.59 Å². The zero-order valence-electron chi connectivity index (χ0n) is 26.1. The maximum Gasteiger partial charge on any atom is 0.337 e. The number of nitrogens with one attached hydrogen (secondary N) is 1. The largest absolute Gasteiger partial charge is 0.457 e. The summed E-state index contributed by atoms with van der Waals surface area (Å²) in [7, 11) is 0. The van der Waals surface area contributed by atoms with Gasteiger partial charge in [-0.15, -0.1) is 0 Å². The molecular formula is C39H35N3O4.